The highest BCUT2D eigenvalue weighted by Crippen LogP contribution is 2.30. The van der Waals surface area contributed by atoms with Crippen molar-refractivity contribution in [1.82, 2.24) is 15.8 Å². The molecule has 2 aliphatic rings. The predicted molar refractivity (Wildman–Crippen MR) is 72.6 cm³/mol. The van der Waals surface area contributed by atoms with E-state index in [1.54, 1.807) is 7.05 Å². The Hall–Kier alpha value is -1.78. The molecular weight excluding hydrogens is 242 g/mol. The summed E-state index contributed by atoms with van der Waals surface area (Å²) in [4.78, 5) is 24.2. The van der Waals surface area contributed by atoms with Crippen LogP contribution in [0.5, 0.6) is 0 Å². The van der Waals surface area contributed by atoms with Crippen LogP contribution in [0.15, 0.2) is 23.9 Å². The highest BCUT2D eigenvalue weighted by atomic mass is 16.2. The normalized spacial score (nSPS) is 24.8. The molecule has 0 spiro atoms. The van der Waals surface area contributed by atoms with Crippen LogP contribution in [0, 0.1) is 11.8 Å². The zero-order chi connectivity index (χ0) is 13.8. The smallest absolute Gasteiger partial charge is 0.250 e. The molecule has 104 valence electrons. The van der Waals surface area contributed by atoms with Crippen LogP contribution in [-0.2, 0) is 9.59 Å². The summed E-state index contributed by atoms with van der Waals surface area (Å²) in [5.41, 5.74) is 3.79. The van der Waals surface area contributed by atoms with Gasteiger partial charge in [0.15, 0.2) is 0 Å². The Morgan fingerprint density at radius 2 is 2.26 bits per heavy atom. The number of hydrogen-bond acceptors (Lipinski definition) is 3. The maximum atomic E-state index is 12.2. The molecule has 2 atom stereocenters. The Labute approximate surface area is 113 Å². The number of nitrogens with zero attached hydrogens (tertiary/aromatic N) is 1. The van der Waals surface area contributed by atoms with Gasteiger partial charge in [-0.15, -0.1) is 0 Å². The van der Waals surface area contributed by atoms with Gasteiger partial charge >= 0.3 is 0 Å². The molecule has 1 aliphatic carbocycles. The van der Waals surface area contributed by atoms with Crippen molar-refractivity contribution >= 4 is 11.8 Å². The number of nitrogens with one attached hydrogen (secondary N) is 2. The van der Waals surface area contributed by atoms with Crippen molar-refractivity contribution in [2.75, 3.05) is 13.6 Å². The highest BCUT2D eigenvalue weighted by molar-refractivity contribution is 5.92. The Kier molecular flexibility index (Phi) is 4.24. The van der Waals surface area contributed by atoms with Crippen molar-refractivity contribution in [1.29, 1.82) is 0 Å². The topological polar surface area (TPSA) is 61.4 Å². The van der Waals surface area contributed by atoms with Crippen molar-refractivity contribution < 1.29 is 9.59 Å². The summed E-state index contributed by atoms with van der Waals surface area (Å²) in [5, 5.41) is 4.36. The summed E-state index contributed by atoms with van der Waals surface area (Å²) in [6.07, 6.45) is 8.72. The summed E-state index contributed by atoms with van der Waals surface area (Å²) in [7, 11) is 1.68. The Balaban J connectivity index is 1.96. The summed E-state index contributed by atoms with van der Waals surface area (Å²) in [5.74, 6) is -0.898. The van der Waals surface area contributed by atoms with Crippen molar-refractivity contribution in [3.8, 4) is 0 Å². The number of unbranched alkanes of at least 4 members (excludes halogenated alkanes) is 2. The van der Waals surface area contributed by atoms with Crippen LogP contribution in [0.3, 0.4) is 0 Å². The molecule has 1 aliphatic heterocycles. The van der Waals surface area contributed by atoms with Gasteiger partial charge in [0.1, 0.15) is 0 Å². The molecule has 0 aromatic rings. The van der Waals surface area contributed by atoms with E-state index >= 15 is 0 Å². The Morgan fingerprint density at radius 3 is 3.00 bits per heavy atom. The average molecular weight is 263 g/mol. The molecule has 2 unspecified atom stereocenters. The van der Waals surface area contributed by atoms with Gasteiger partial charge in [0.05, 0.1) is 11.8 Å². The first kappa shape index (κ1) is 13.6. The van der Waals surface area contributed by atoms with Crippen molar-refractivity contribution in [2.24, 2.45) is 11.8 Å². The number of fused-ring (bicyclic) bond motifs is 1. The summed E-state index contributed by atoms with van der Waals surface area (Å²) in [6, 6.07) is 0. The molecule has 1 heterocycles. The first-order valence-corrected chi connectivity index (χ1v) is 6.85. The molecule has 2 amide bonds. The molecule has 2 N–H and O–H groups in total. The van der Waals surface area contributed by atoms with E-state index in [2.05, 4.69) is 17.7 Å². The van der Waals surface area contributed by atoms with E-state index in [0.717, 1.165) is 25.0 Å². The lowest BCUT2D eigenvalue weighted by molar-refractivity contribution is -0.135. The zero-order valence-electron chi connectivity index (χ0n) is 11.5. The molecular formula is C14H21N3O2. The number of hydrogen-bond donors (Lipinski definition) is 2. The summed E-state index contributed by atoms with van der Waals surface area (Å²) < 4.78 is 0. The lowest BCUT2D eigenvalue weighted by Crippen LogP contribution is -2.38. The number of amides is 2. The molecule has 2 rings (SSSR count). The molecule has 0 radical (unpaired) electrons. The lowest BCUT2D eigenvalue weighted by Gasteiger charge is -2.20. The van der Waals surface area contributed by atoms with Gasteiger partial charge in [-0.05, 0) is 12.5 Å². The van der Waals surface area contributed by atoms with Crippen molar-refractivity contribution in [3.63, 3.8) is 0 Å². The second-order valence-electron chi connectivity index (χ2n) is 5.02. The second kappa shape index (κ2) is 5.91. The number of hydrazine groups is 1. The van der Waals surface area contributed by atoms with Crippen LogP contribution in [0.25, 0.3) is 0 Å². The van der Waals surface area contributed by atoms with Gasteiger partial charge in [-0.3, -0.25) is 20.0 Å². The minimum absolute atomic E-state index is 0.0516. The van der Waals surface area contributed by atoms with E-state index in [0.29, 0.717) is 6.54 Å². The van der Waals surface area contributed by atoms with Gasteiger partial charge in [0, 0.05) is 19.3 Å². The number of rotatable bonds is 5. The van der Waals surface area contributed by atoms with Gasteiger partial charge in [-0.25, -0.2) is 0 Å². The van der Waals surface area contributed by atoms with Gasteiger partial charge in [0.2, 0.25) is 5.91 Å². The summed E-state index contributed by atoms with van der Waals surface area (Å²) in [6.45, 7) is 2.81. The minimum atomic E-state index is -0.397. The summed E-state index contributed by atoms with van der Waals surface area (Å²) >= 11 is 0. The maximum absolute atomic E-state index is 12.2. The zero-order valence-corrected chi connectivity index (χ0v) is 11.5. The van der Waals surface area contributed by atoms with E-state index < -0.39 is 5.92 Å². The molecule has 0 aromatic heterocycles. The van der Waals surface area contributed by atoms with Gasteiger partial charge in [-0.1, -0.05) is 31.9 Å². The number of carbonyl (C=O) groups is 2. The third-order valence-corrected chi connectivity index (χ3v) is 3.56. The lowest BCUT2D eigenvalue weighted by atomic mass is 9.85. The minimum Gasteiger partial charge on any atom is -0.356 e. The van der Waals surface area contributed by atoms with Crippen LogP contribution in [-0.4, -0.2) is 30.4 Å². The van der Waals surface area contributed by atoms with E-state index in [1.165, 1.54) is 5.01 Å². The molecule has 0 aromatic carbocycles. The quantitative estimate of drug-likeness (QED) is 0.726. The second-order valence-corrected chi connectivity index (χ2v) is 5.02. The van der Waals surface area contributed by atoms with Crippen molar-refractivity contribution in [2.45, 2.75) is 26.2 Å². The van der Waals surface area contributed by atoms with Crippen LogP contribution in [0.1, 0.15) is 26.2 Å². The number of carbonyl (C=O) groups excluding carboxylic acids is 2. The van der Waals surface area contributed by atoms with Crippen molar-refractivity contribution in [3.05, 3.63) is 23.9 Å². The Bertz CT molecular complexity index is 428. The van der Waals surface area contributed by atoms with Gasteiger partial charge in [-0.2, -0.15) is 0 Å². The Morgan fingerprint density at radius 1 is 1.47 bits per heavy atom. The molecule has 5 heteroatoms. The third-order valence-electron chi connectivity index (χ3n) is 3.56. The fourth-order valence-electron chi connectivity index (χ4n) is 2.48. The predicted octanol–water partition coefficient (Wildman–Crippen LogP) is 0.955. The molecule has 1 saturated heterocycles. The number of allylic oxidation sites excluding steroid dienone is 2. The van der Waals surface area contributed by atoms with Crippen LogP contribution in [0.4, 0.5) is 0 Å². The first-order chi connectivity index (χ1) is 9.15. The van der Waals surface area contributed by atoms with E-state index in [-0.39, 0.29) is 17.7 Å². The average Bonchev–Trinajstić information content (AvgIpc) is 2.70. The van der Waals surface area contributed by atoms with Crippen LogP contribution in [0.2, 0.25) is 0 Å². The largest absolute Gasteiger partial charge is 0.356 e. The molecule has 19 heavy (non-hydrogen) atoms. The van der Waals surface area contributed by atoms with E-state index in [1.807, 2.05) is 18.2 Å². The SMILES string of the molecule is CCCCCNC(=O)C1C=CC=C2NN(C)C(=O)C21. The van der Waals surface area contributed by atoms with E-state index in [9.17, 15) is 9.59 Å². The molecule has 5 nitrogen and oxygen atoms in total. The fraction of sp³-hybridized carbons (Fsp3) is 0.571. The highest BCUT2D eigenvalue weighted by Gasteiger charge is 2.42. The fourth-order valence-corrected chi connectivity index (χ4v) is 2.48. The monoisotopic (exact) mass is 263 g/mol. The standard InChI is InChI=1S/C14H21N3O2/c1-3-4-5-9-15-13(18)10-7-6-8-11-12(10)14(19)17(2)16-11/h6-8,10,12,16H,3-5,9H2,1-2H3,(H,15,18). The van der Waals surface area contributed by atoms with Crippen LogP contribution >= 0.6 is 0 Å². The van der Waals surface area contributed by atoms with Gasteiger partial charge in [0.25, 0.3) is 5.91 Å². The molecule has 0 saturated carbocycles. The maximum Gasteiger partial charge on any atom is 0.250 e. The van der Waals surface area contributed by atoms with Gasteiger partial charge < -0.3 is 5.32 Å². The molecule has 1 fully saturated rings. The molecule has 0 bridgehead atoms. The first-order valence-electron chi connectivity index (χ1n) is 6.85. The van der Waals surface area contributed by atoms with E-state index in [4.69, 9.17) is 0 Å². The van der Waals surface area contributed by atoms with Crippen LogP contribution < -0.4 is 10.7 Å². The third kappa shape index (κ3) is 2.80.